The summed E-state index contributed by atoms with van der Waals surface area (Å²) in [4.78, 5) is 11.6. The zero-order valence-corrected chi connectivity index (χ0v) is 15.1. The van der Waals surface area contributed by atoms with Crippen LogP contribution in [0.25, 0.3) is 0 Å². The Morgan fingerprint density at radius 2 is 1.61 bits per heavy atom. The van der Waals surface area contributed by atoms with Crippen LogP contribution in [0.2, 0.25) is 0 Å². The van der Waals surface area contributed by atoms with Crippen molar-refractivity contribution < 1.29 is 15.0 Å². The van der Waals surface area contributed by atoms with Gasteiger partial charge in [-0.25, -0.2) is 0 Å². The second-order valence-electron chi connectivity index (χ2n) is 6.29. The number of carbonyl (C=O) groups excluding carboxylic acids is 1. The lowest BCUT2D eigenvalue weighted by molar-refractivity contribution is -0.122. The average molecular weight is 328 g/mol. The van der Waals surface area contributed by atoms with Gasteiger partial charge in [0.05, 0.1) is 18.8 Å². The smallest absolute Gasteiger partial charge is 0.220 e. The summed E-state index contributed by atoms with van der Waals surface area (Å²) >= 11 is 0. The van der Waals surface area contributed by atoms with Gasteiger partial charge in [-0.1, -0.05) is 70.9 Å². The highest BCUT2D eigenvalue weighted by atomic mass is 16.3. The first-order chi connectivity index (χ1) is 11.2. The summed E-state index contributed by atoms with van der Waals surface area (Å²) in [7, 11) is 0. The molecule has 0 radical (unpaired) electrons. The van der Waals surface area contributed by atoms with Crippen molar-refractivity contribution in [3.8, 4) is 0 Å². The van der Waals surface area contributed by atoms with Gasteiger partial charge in [-0.05, 0) is 19.3 Å². The van der Waals surface area contributed by atoms with Crippen LogP contribution in [0.5, 0.6) is 0 Å². The first kappa shape index (κ1) is 22.1. The highest BCUT2D eigenvalue weighted by Crippen LogP contribution is 2.09. The second-order valence-corrected chi connectivity index (χ2v) is 6.29. The van der Waals surface area contributed by atoms with Crippen LogP contribution in [0.3, 0.4) is 0 Å². The molecule has 0 spiro atoms. The maximum Gasteiger partial charge on any atom is 0.220 e. The predicted molar refractivity (Wildman–Crippen MR) is 96.3 cm³/mol. The minimum atomic E-state index is -0.824. The van der Waals surface area contributed by atoms with Crippen molar-refractivity contribution in [2.24, 2.45) is 0 Å². The third kappa shape index (κ3) is 13.3. The topological polar surface area (TPSA) is 69.6 Å². The second kappa shape index (κ2) is 16.0. The monoisotopic (exact) mass is 327 g/mol. The summed E-state index contributed by atoms with van der Waals surface area (Å²) in [6, 6.07) is -0.607. The van der Waals surface area contributed by atoms with Crippen LogP contribution >= 0.6 is 0 Å². The number of hydrogen-bond donors (Lipinski definition) is 3. The molecule has 0 aliphatic rings. The third-order valence-corrected chi connectivity index (χ3v) is 4.02. The fraction of sp³-hybridized carbons (Fsp3) is 0.842. The Kier molecular flexibility index (Phi) is 15.4. The molecule has 0 fully saturated rings. The van der Waals surface area contributed by atoms with Gasteiger partial charge in [0, 0.05) is 6.42 Å². The lowest BCUT2D eigenvalue weighted by Gasteiger charge is -2.19. The van der Waals surface area contributed by atoms with Gasteiger partial charge in [0.15, 0.2) is 0 Å². The number of amides is 1. The summed E-state index contributed by atoms with van der Waals surface area (Å²) in [5, 5.41) is 22.0. The van der Waals surface area contributed by atoms with E-state index in [1.807, 2.05) is 13.0 Å². The molecule has 2 unspecified atom stereocenters. The Morgan fingerprint density at radius 3 is 2.22 bits per heavy atom. The standard InChI is InChI=1S/C19H37NO3/c1-3-5-7-8-9-10-11-12-13-14-18(22)17(16-21)20-19(23)15-6-4-2/h13-14,17-18,21-22H,3-12,15-16H2,1-2H3,(H,20,23)/b14-13+. The van der Waals surface area contributed by atoms with Gasteiger partial charge in [0.1, 0.15) is 0 Å². The van der Waals surface area contributed by atoms with Crippen molar-refractivity contribution in [3.05, 3.63) is 12.2 Å². The van der Waals surface area contributed by atoms with E-state index in [1.165, 1.54) is 38.5 Å². The van der Waals surface area contributed by atoms with E-state index >= 15 is 0 Å². The van der Waals surface area contributed by atoms with Crippen LogP contribution in [0.4, 0.5) is 0 Å². The Labute approximate surface area is 142 Å². The molecule has 23 heavy (non-hydrogen) atoms. The lowest BCUT2D eigenvalue weighted by atomic mass is 10.1. The molecule has 0 heterocycles. The molecule has 4 heteroatoms. The molecule has 0 aromatic carbocycles. The average Bonchev–Trinajstić information content (AvgIpc) is 2.56. The van der Waals surface area contributed by atoms with Gasteiger partial charge in [-0.3, -0.25) is 4.79 Å². The van der Waals surface area contributed by atoms with E-state index in [0.717, 1.165) is 25.7 Å². The molecule has 4 nitrogen and oxygen atoms in total. The maximum atomic E-state index is 11.6. The molecule has 3 N–H and O–H groups in total. The molecule has 0 aliphatic heterocycles. The minimum absolute atomic E-state index is 0.106. The summed E-state index contributed by atoms with van der Waals surface area (Å²) in [5.41, 5.74) is 0. The van der Waals surface area contributed by atoms with Crippen LogP contribution < -0.4 is 5.32 Å². The fourth-order valence-electron chi connectivity index (χ4n) is 2.44. The van der Waals surface area contributed by atoms with Gasteiger partial charge in [0.25, 0.3) is 0 Å². The Balaban J connectivity index is 3.81. The minimum Gasteiger partial charge on any atom is -0.394 e. The van der Waals surface area contributed by atoms with Gasteiger partial charge in [-0.2, -0.15) is 0 Å². The first-order valence-electron chi connectivity index (χ1n) is 9.40. The number of aliphatic hydroxyl groups is 2. The number of hydrogen-bond acceptors (Lipinski definition) is 3. The van der Waals surface area contributed by atoms with Crippen LogP contribution in [0, 0.1) is 0 Å². The predicted octanol–water partition coefficient (Wildman–Crippen LogP) is 3.71. The molecule has 0 rings (SSSR count). The molecular formula is C19H37NO3. The van der Waals surface area contributed by atoms with E-state index in [-0.39, 0.29) is 12.5 Å². The molecule has 136 valence electrons. The Bertz CT molecular complexity index is 305. The zero-order valence-electron chi connectivity index (χ0n) is 15.1. The van der Waals surface area contributed by atoms with E-state index in [2.05, 4.69) is 12.2 Å². The molecule has 0 aliphatic carbocycles. The largest absolute Gasteiger partial charge is 0.394 e. The SMILES string of the molecule is CCCCCCCCC/C=C/C(O)C(CO)NC(=O)CCCC. The van der Waals surface area contributed by atoms with E-state index < -0.39 is 12.1 Å². The number of allylic oxidation sites excluding steroid dienone is 1. The van der Waals surface area contributed by atoms with Gasteiger partial charge in [0.2, 0.25) is 5.91 Å². The van der Waals surface area contributed by atoms with Crippen molar-refractivity contribution in [3.63, 3.8) is 0 Å². The highest BCUT2D eigenvalue weighted by Gasteiger charge is 2.17. The third-order valence-electron chi connectivity index (χ3n) is 4.02. The summed E-state index contributed by atoms with van der Waals surface area (Å²) in [6.45, 7) is 4.00. The summed E-state index contributed by atoms with van der Waals surface area (Å²) in [5.74, 6) is -0.106. The zero-order chi connectivity index (χ0) is 17.3. The van der Waals surface area contributed by atoms with Gasteiger partial charge >= 0.3 is 0 Å². The highest BCUT2D eigenvalue weighted by molar-refractivity contribution is 5.76. The van der Waals surface area contributed by atoms with Crippen LogP contribution in [0.1, 0.15) is 84.5 Å². The molecule has 0 aromatic heterocycles. The molecule has 2 atom stereocenters. The number of aliphatic hydroxyl groups excluding tert-OH is 2. The van der Waals surface area contributed by atoms with E-state index in [0.29, 0.717) is 6.42 Å². The molecule has 0 saturated carbocycles. The quantitative estimate of drug-likeness (QED) is 0.317. The van der Waals surface area contributed by atoms with Crippen molar-refractivity contribution >= 4 is 5.91 Å². The van der Waals surface area contributed by atoms with Crippen molar-refractivity contribution in [1.82, 2.24) is 5.32 Å². The molecule has 1 amide bonds. The van der Waals surface area contributed by atoms with Gasteiger partial charge < -0.3 is 15.5 Å². The Hall–Kier alpha value is -0.870. The van der Waals surface area contributed by atoms with E-state index in [9.17, 15) is 15.0 Å². The number of carbonyl (C=O) groups is 1. The van der Waals surface area contributed by atoms with E-state index in [1.54, 1.807) is 6.08 Å². The summed E-state index contributed by atoms with van der Waals surface area (Å²) in [6.07, 6.45) is 14.9. The van der Waals surface area contributed by atoms with Crippen LogP contribution in [-0.2, 0) is 4.79 Å². The molecule has 0 bridgehead atoms. The van der Waals surface area contributed by atoms with Crippen molar-refractivity contribution in [2.75, 3.05) is 6.61 Å². The maximum absolute atomic E-state index is 11.6. The van der Waals surface area contributed by atoms with E-state index in [4.69, 9.17) is 0 Å². The van der Waals surface area contributed by atoms with Gasteiger partial charge in [-0.15, -0.1) is 0 Å². The van der Waals surface area contributed by atoms with Crippen LogP contribution in [0.15, 0.2) is 12.2 Å². The fourth-order valence-corrected chi connectivity index (χ4v) is 2.44. The molecule has 0 saturated heterocycles. The van der Waals surface area contributed by atoms with Crippen molar-refractivity contribution in [2.45, 2.75) is 96.6 Å². The summed E-state index contributed by atoms with van der Waals surface area (Å²) < 4.78 is 0. The molecular weight excluding hydrogens is 290 g/mol. The number of nitrogens with one attached hydrogen (secondary N) is 1. The Morgan fingerprint density at radius 1 is 1.00 bits per heavy atom. The first-order valence-corrected chi connectivity index (χ1v) is 9.40. The molecule has 0 aromatic rings. The number of unbranched alkanes of at least 4 members (excludes halogenated alkanes) is 8. The van der Waals surface area contributed by atoms with Crippen LogP contribution in [-0.4, -0.2) is 34.9 Å². The normalized spacial score (nSPS) is 14.1. The number of rotatable bonds is 15. The lowest BCUT2D eigenvalue weighted by Crippen LogP contribution is -2.45. The van der Waals surface area contributed by atoms with Crippen molar-refractivity contribution in [1.29, 1.82) is 0 Å².